The minimum atomic E-state index is -0.839. The van der Waals surface area contributed by atoms with Crippen molar-refractivity contribution in [2.45, 2.75) is 0 Å². The Morgan fingerprint density at radius 3 is 2.65 bits per heavy atom. The smallest absolute Gasteiger partial charge is 0.315 e. The van der Waals surface area contributed by atoms with Crippen molar-refractivity contribution in [3.05, 3.63) is 52.6 Å². The van der Waals surface area contributed by atoms with E-state index in [2.05, 4.69) is 10.1 Å². The lowest BCUT2D eigenvalue weighted by Gasteiger charge is -2.01. The molecule has 0 saturated carbocycles. The van der Waals surface area contributed by atoms with Crippen LogP contribution < -0.4 is 0 Å². The molecule has 3 rings (SSSR count). The number of halogens is 1. The van der Waals surface area contributed by atoms with Gasteiger partial charge in [0.15, 0.2) is 11.5 Å². The van der Waals surface area contributed by atoms with Gasteiger partial charge in [0.25, 0.3) is 0 Å². The lowest BCUT2D eigenvalue weighted by atomic mass is 10.1. The molecular formula is C14H8FN3O5. The predicted molar refractivity (Wildman–Crippen MR) is 75.1 cm³/mol. The number of nitrogens with zero attached hydrogens (tertiary/aromatic N) is 3. The fourth-order valence-electron chi connectivity index (χ4n) is 1.99. The first-order valence-electron chi connectivity index (χ1n) is 6.25. The minimum absolute atomic E-state index is 0.107. The van der Waals surface area contributed by atoms with Crippen molar-refractivity contribution in [1.82, 2.24) is 10.1 Å². The van der Waals surface area contributed by atoms with E-state index in [0.29, 0.717) is 5.56 Å². The first-order valence-corrected chi connectivity index (χ1v) is 6.25. The van der Waals surface area contributed by atoms with Crippen LogP contribution in [0.1, 0.15) is 0 Å². The zero-order chi connectivity index (χ0) is 16.6. The van der Waals surface area contributed by atoms with Crippen molar-refractivity contribution in [2.75, 3.05) is 0 Å². The monoisotopic (exact) mass is 317 g/mol. The summed E-state index contributed by atoms with van der Waals surface area (Å²) in [7, 11) is 0. The Morgan fingerprint density at radius 2 is 1.96 bits per heavy atom. The average molecular weight is 317 g/mol. The standard InChI is InChI=1S/C14H8FN3O5/c15-13-5-7(1-2-16-13)9-6-12(23-17-9)8-3-10(18(21)22)14(20)11(19)4-8/h1-6,19-20H. The van der Waals surface area contributed by atoms with Crippen LogP contribution in [0.4, 0.5) is 10.1 Å². The summed E-state index contributed by atoms with van der Waals surface area (Å²) in [4.78, 5) is 13.4. The quantitative estimate of drug-likeness (QED) is 0.329. The lowest BCUT2D eigenvalue weighted by molar-refractivity contribution is -0.385. The van der Waals surface area contributed by atoms with Gasteiger partial charge in [-0.25, -0.2) is 4.98 Å². The van der Waals surface area contributed by atoms with Gasteiger partial charge in [-0.15, -0.1) is 0 Å². The van der Waals surface area contributed by atoms with Gasteiger partial charge >= 0.3 is 5.69 Å². The topological polar surface area (TPSA) is 123 Å². The van der Waals surface area contributed by atoms with E-state index in [1.54, 1.807) is 0 Å². The summed E-state index contributed by atoms with van der Waals surface area (Å²) in [5, 5.41) is 33.7. The number of hydrogen-bond donors (Lipinski definition) is 2. The van der Waals surface area contributed by atoms with Crippen molar-refractivity contribution in [3.8, 4) is 34.1 Å². The Bertz CT molecular complexity index is 909. The summed E-state index contributed by atoms with van der Waals surface area (Å²) in [5.74, 6) is -2.09. The van der Waals surface area contributed by atoms with E-state index in [1.807, 2.05) is 0 Å². The highest BCUT2D eigenvalue weighted by molar-refractivity contribution is 5.72. The summed E-state index contributed by atoms with van der Waals surface area (Å²) in [6, 6.07) is 6.22. The van der Waals surface area contributed by atoms with Crippen molar-refractivity contribution in [3.63, 3.8) is 0 Å². The SMILES string of the molecule is O=[N+]([O-])c1cc(-c2cc(-c3ccnc(F)c3)no2)cc(O)c1O. The van der Waals surface area contributed by atoms with E-state index in [4.69, 9.17) is 4.52 Å². The van der Waals surface area contributed by atoms with Crippen molar-refractivity contribution in [2.24, 2.45) is 0 Å². The maximum absolute atomic E-state index is 13.1. The molecule has 8 nitrogen and oxygen atoms in total. The number of nitro benzene ring substituents is 1. The summed E-state index contributed by atoms with van der Waals surface area (Å²) in [6.45, 7) is 0. The van der Waals surface area contributed by atoms with Gasteiger partial charge in [-0.05, 0) is 12.1 Å². The molecule has 0 atom stereocenters. The van der Waals surface area contributed by atoms with Crippen LogP contribution in [-0.2, 0) is 0 Å². The van der Waals surface area contributed by atoms with E-state index in [-0.39, 0.29) is 17.0 Å². The Labute approximate surface area is 127 Å². The Balaban J connectivity index is 2.06. The number of hydrogen-bond acceptors (Lipinski definition) is 7. The number of phenolic OH excluding ortho intramolecular Hbond substituents is 2. The lowest BCUT2D eigenvalue weighted by Crippen LogP contribution is -1.89. The normalized spacial score (nSPS) is 10.7. The third-order valence-electron chi connectivity index (χ3n) is 3.08. The molecule has 0 spiro atoms. The van der Waals surface area contributed by atoms with Crippen LogP contribution in [0.2, 0.25) is 0 Å². The second-order valence-electron chi connectivity index (χ2n) is 4.56. The number of rotatable bonds is 3. The molecule has 0 aliphatic carbocycles. The molecule has 0 fully saturated rings. The van der Waals surface area contributed by atoms with Crippen molar-refractivity contribution < 1.29 is 24.0 Å². The largest absolute Gasteiger partial charge is 0.504 e. The molecule has 0 aliphatic rings. The van der Waals surface area contributed by atoms with Gasteiger partial charge in [-0.3, -0.25) is 10.1 Å². The summed E-state index contributed by atoms with van der Waals surface area (Å²) in [5.41, 5.74) is 0.162. The zero-order valence-corrected chi connectivity index (χ0v) is 11.3. The van der Waals surface area contributed by atoms with Crippen LogP contribution in [0.5, 0.6) is 11.5 Å². The molecular weight excluding hydrogens is 309 g/mol. The molecule has 0 amide bonds. The first-order chi connectivity index (χ1) is 11.0. The van der Waals surface area contributed by atoms with E-state index in [9.17, 15) is 24.7 Å². The Kier molecular flexibility index (Phi) is 3.37. The number of aromatic nitrogens is 2. The second-order valence-corrected chi connectivity index (χ2v) is 4.56. The second kappa shape index (κ2) is 5.37. The number of pyridine rings is 1. The fourth-order valence-corrected chi connectivity index (χ4v) is 1.99. The van der Waals surface area contributed by atoms with Crippen molar-refractivity contribution in [1.29, 1.82) is 0 Å². The molecule has 0 bridgehead atoms. The average Bonchev–Trinajstić information content (AvgIpc) is 2.99. The number of benzene rings is 1. The van der Waals surface area contributed by atoms with Gasteiger partial charge in [-0.2, -0.15) is 4.39 Å². The van der Waals surface area contributed by atoms with Crippen molar-refractivity contribution >= 4 is 5.69 Å². The predicted octanol–water partition coefficient (Wildman–Crippen LogP) is 2.86. The highest BCUT2D eigenvalue weighted by Crippen LogP contribution is 2.39. The molecule has 3 aromatic rings. The van der Waals surface area contributed by atoms with E-state index in [1.165, 1.54) is 18.3 Å². The van der Waals surface area contributed by atoms with Crippen LogP contribution in [-0.4, -0.2) is 25.3 Å². The molecule has 9 heteroatoms. The highest BCUT2D eigenvalue weighted by atomic mass is 19.1. The maximum Gasteiger partial charge on any atom is 0.315 e. The Hall–Kier alpha value is -3.49. The molecule has 0 saturated heterocycles. The van der Waals surface area contributed by atoms with E-state index in [0.717, 1.165) is 18.2 Å². The summed E-state index contributed by atoms with van der Waals surface area (Å²) < 4.78 is 18.2. The van der Waals surface area contributed by atoms with Gasteiger partial charge in [-0.1, -0.05) is 5.16 Å². The van der Waals surface area contributed by atoms with Crippen LogP contribution in [0, 0.1) is 16.1 Å². The number of aromatic hydroxyl groups is 2. The Morgan fingerprint density at radius 1 is 1.17 bits per heavy atom. The molecule has 2 heterocycles. The molecule has 0 radical (unpaired) electrons. The van der Waals surface area contributed by atoms with Gasteiger partial charge < -0.3 is 14.7 Å². The van der Waals surface area contributed by atoms with E-state index < -0.39 is 28.1 Å². The first kappa shape index (κ1) is 14.4. The number of phenols is 2. The molecule has 0 aliphatic heterocycles. The maximum atomic E-state index is 13.1. The van der Waals surface area contributed by atoms with E-state index >= 15 is 0 Å². The fraction of sp³-hybridized carbons (Fsp3) is 0. The molecule has 0 unspecified atom stereocenters. The highest BCUT2D eigenvalue weighted by Gasteiger charge is 2.21. The number of nitro groups is 1. The zero-order valence-electron chi connectivity index (χ0n) is 11.3. The van der Waals surface area contributed by atoms with Gasteiger partial charge in [0.1, 0.15) is 5.69 Å². The van der Waals surface area contributed by atoms with Gasteiger partial charge in [0.2, 0.25) is 11.7 Å². The van der Waals surface area contributed by atoms with Crippen LogP contribution >= 0.6 is 0 Å². The van der Waals surface area contributed by atoms with Gasteiger partial charge in [0, 0.05) is 35.5 Å². The third kappa shape index (κ3) is 2.67. The molecule has 1 aromatic carbocycles. The summed E-state index contributed by atoms with van der Waals surface area (Å²) >= 11 is 0. The minimum Gasteiger partial charge on any atom is -0.504 e. The third-order valence-corrected chi connectivity index (χ3v) is 3.08. The van der Waals surface area contributed by atoms with Crippen LogP contribution in [0.15, 0.2) is 41.1 Å². The van der Waals surface area contributed by atoms with Crippen LogP contribution in [0.3, 0.4) is 0 Å². The molecule has 2 N–H and O–H groups in total. The molecule has 23 heavy (non-hydrogen) atoms. The molecule has 2 aromatic heterocycles. The summed E-state index contributed by atoms with van der Waals surface area (Å²) in [6.07, 6.45) is 1.26. The molecule has 116 valence electrons. The van der Waals surface area contributed by atoms with Crippen LogP contribution in [0.25, 0.3) is 22.6 Å². The van der Waals surface area contributed by atoms with Gasteiger partial charge in [0.05, 0.1) is 4.92 Å².